The Kier molecular flexibility index (Phi) is 6.29. The van der Waals surface area contributed by atoms with Crippen molar-refractivity contribution in [2.24, 2.45) is 5.73 Å². The lowest BCUT2D eigenvalue weighted by Crippen LogP contribution is -2.26. The molecule has 17 heavy (non-hydrogen) atoms. The van der Waals surface area contributed by atoms with Crippen LogP contribution in [0.3, 0.4) is 0 Å². The number of carbonyl (C=O) groups is 1. The molecule has 0 spiro atoms. The summed E-state index contributed by atoms with van der Waals surface area (Å²) in [6, 6.07) is 7.35. The molecule has 0 saturated carbocycles. The first-order valence-electron chi connectivity index (χ1n) is 5.96. The van der Waals surface area contributed by atoms with Gasteiger partial charge in [0.05, 0.1) is 0 Å². The van der Waals surface area contributed by atoms with Gasteiger partial charge in [-0.1, -0.05) is 18.2 Å². The Morgan fingerprint density at radius 2 is 2.00 bits per heavy atom. The minimum atomic E-state index is -0.0740. The Balaban J connectivity index is 2.41. The molecular formula is C13H20N2O2. The maximum Gasteiger partial charge on any atom is 0.251 e. The molecule has 0 radical (unpaired) electrons. The van der Waals surface area contributed by atoms with Crippen molar-refractivity contribution in [1.82, 2.24) is 5.32 Å². The minimum Gasteiger partial charge on any atom is -0.396 e. The second-order valence-corrected chi connectivity index (χ2v) is 3.90. The molecule has 0 aromatic heterocycles. The summed E-state index contributed by atoms with van der Waals surface area (Å²) in [6.07, 6.45) is 2.60. The van der Waals surface area contributed by atoms with E-state index in [0.717, 1.165) is 24.8 Å². The lowest BCUT2D eigenvalue weighted by molar-refractivity contribution is 0.0952. The van der Waals surface area contributed by atoms with Gasteiger partial charge in [0.2, 0.25) is 0 Å². The zero-order valence-electron chi connectivity index (χ0n) is 9.98. The number of rotatable bonds is 7. The molecular weight excluding hydrogens is 216 g/mol. The van der Waals surface area contributed by atoms with Crippen molar-refractivity contribution in [3.63, 3.8) is 0 Å². The van der Waals surface area contributed by atoms with Crippen molar-refractivity contribution in [2.45, 2.75) is 25.8 Å². The van der Waals surface area contributed by atoms with Crippen molar-refractivity contribution < 1.29 is 9.90 Å². The van der Waals surface area contributed by atoms with Gasteiger partial charge in [-0.2, -0.15) is 0 Å². The molecule has 0 aliphatic heterocycles. The van der Waals surface area contributed by atoms with Crippen molar-refractivity contribution in [3.8, 4) is 0 Å². The van der Waals surface area contributed by atoms with E-state index in [1.54, 1.807) is 6.07 Å². The minimum absolute atomic E-state index is 0.0740. The van der Waals surface area contributed by atoms with Crippen LogP contribution in [-0.4, -0.2) is 24.2 Å². The van der Waals surface area contributed by atoms with E-state index in [4.69, 9.17) is 10.8 Å². The summed E-state index contributed by atoms with van der Waals surface area (Å²) in [5.41, 5.74) is 7.09. The first kappa shape index (κ1) is 13.7. The third-order valence-electron chi connectivity index (χ3n) is 2.60. The van der Waals surface area contributed by atoms with E-state index >= 15 is 0 Å². The third kappa shape index (κ3) is 4.54. The number of nitrogens with one attached hydrogen (secondary N) is 1. The summed E-state index contributed by atoms with van der Waals surface area (Å²) < 4.78 is 0. The van der Waals surface area contributed by atoms with E-state index in [0.29, 0.717) is 18.7 Å². The molecule has 0 aliphatic carbocycles. The Bertz CT molecular complexity index is 353. The number of carbonyl (C=O) groups excluding carboxylic acids is 1. The quantitative estimate of drug-likeness (QED) is 0.619. The van der Waals surface area contributed by atoms with Gasteiger partial charge in [-0.05, 0) is 30.9 Å². The van der Waals surface area contributed by atoms with Gasteiger partial charge in [0.25, 0.3) is 5.91 Å². The van der Waals surface area contributed by atoms with Crippen molar-refractivity contribution in [3.05, 3.63) is 35.4 Å². The van der Waals surface area contributed by atoms with Crippen LogP contribution in [0.4, 0.5) is 0 Å². The van der Waals surface area contributed by atoms with E-state index in [1.807, 2.05) is 18.2 Å². The molecule has 0 fully saturated rings. The van der Waals surface area contributed by atoms with Gasteiger partial charge >= 0.3 is 0 Å². The van der Waals surface area contributed by atoms with Gasteiger partial charge in [-0.15, -0.1) is 0 Å². The Hall–Kier alpha value is -1.39. The summed E-state index contributed by atoms with van der Waals surface area (Å²) in [5.74, 6) is -0.0740. The lowest BCUT2D eigenvalue weighted by Gasteiger charge is -2.08. The van der Waals surface area contributed by atoms with Crippen LogP contribution < -0.4 is 11.1 Å². The molecule has 1 amide bonds. The highest BCUT2D eigenvalue weighted by atomic mass is 16.2. The standard InChI is InChI=1S/C13H20N2O2/c14-10-11-6-2-3-7-12(11)13(17)15-8-4-1-5-9-16/h2-3,6-7,16H,1,4-5,8-10,14H2,(H,15,17). The summed E-state index contributed by atoms with van der Waals surface area (Å²) >= 11 is 0. The number of hydrogen-bond acceptors (Lipinski definition) is 3. The fraction of sp³-hybridized carbons (Fsp3) is 0.462. The third-order valence-corrected chi connectivity index (χ3v) is 2.60. The number of amides is 1. The topological polar surface area (TPSA) is 75.4 Å². The highest BCUT2D eigenvalue weighted by Gasteiger charge is 2.08. The molecule has 0 aliphatic rings. The summed E-state index contributed by atoms with van der Waals surface area (Å²) in [5, 5.41) is 11.5. The predicted molar refractivity (Wildman–Crippen MR) is 67.6 cm³/mol. The maximum atomic E-state index is 11.8. The Labute approximate surface area is 102 Å². The average molecular weight is 236 g/mol. The van der Waals surface area contributed by atoms with Gasteiger partial charge in [0, 0.05) is 25.3 Å². The first-order valence-corrected chi connectivity index (χ1v) is 5.96. The van der Waals surface area contributed by atoms with Crippen LogP contribution in [0.2, 0.25) is 0 Å². The molecule has 4 heteroatoms. The first-order chi connectivity index (χ1) is 8.29. The molecule has 1 aromatic rings. The predicted octanol–water partition coefficient (Wildman–Crippen LogP) is 1.04. The van der Waals surface area contributed by atoms with E-state index in [1.165, 1.54) is 0 Å². The van der Waals surface area contributed by atoms with Gasteiger partial charge in [0.1, 0.15) is 0 Å². The zero-order chi connectivity index (χ0) is 12.5. The summed E-state index contributed by atoms with van der Waals surface area (Å²) in [6.45, 7) is 1.22. The summed E-state index contributed by atoms with van der Waals surface area (Å²) in [7, 11) is 0. The van der Waals surface area contributed by atoms with Gasteiger partial charge < -0.3 is 16.2 Å². The molecule has 4 nitrogen and oxygen atoms in total. The second-order valence-electron chi connectivity index (χ2n) is 3.90. The number of aliphatic hydroxyl groups is 1. The molecule has 94 valence electrons. The fourth-order valence-electron chi connectivity index (χ4n) is 1.63. The number of unbranched alkanes of at least 4 members (excludes halogenated alkanes) is 2. The molecule has 1 rings (SSSR count). The van der Waals surface area contributed by atoms with Crippen LogP contribution in [0.5, 0.6) is 0 Å². The molecule has 1 aromatic carbocycles. The number of aliphatic hydroxyl groups excluding tert-OH is 1. The van der Waals surface area contributed by atoms with Crippen LogP contribution in [0.1, 0.15) is 35.2 Å². The van der Waals surface area contributed by atoms with Crippen LogP contribution >= 0.6 is 0 Å². The molecule has 0 atom stereocenters. The number of benzene rings is 1. The smallest absolute Gasteiger partial charge is 0.251 e. The highest BCUT2D eigenvalue weighted by Crippen LogP contribution is 2.07. The van der Waals surface area contributed by atoms with Crippen LogP contribution in [0.25, 0.3) is 0 Å². The van der Waals surface area contributed by atoms with Crippen molar-refractivity contribution in [2.75, 3.05) is 13.2 Å². The van der Waals surface area contributed by atoms with Gasteiger partial charge in [-0.3, -0.25) is 4.79 Å². The zero-order valence-corrected chi connectivity index (χ0v) is 9.98. The Morgan fingerprint density at radius 3 is 2.71 bits per heavy atom. The van der Waals surface area contributed by atoms with E-state index in [9.17, 15) is 4.79 Å². The molecule has 0 unspecified atom stereocenters. The van der Waals surface area contributed by atoms with Gasteiger partial charge in [0.15, 0.2) is 0 Å². The molecule has 0 heterocycles. The average Bonchev–Trinajstić information content (AvgIpc) is 2.38. The van der Waals surface area contributed by atoms with Crippen molar-refractivity contribution in [1.29, 1.82) is 0 Å². The SMILES string of the molecule is NCc1ccccc1C(=O)NCCCCCO. The normalized spacial score (nSPS) is 10.2. The van der Waals surface area contributed by atoms with E-state index in [2.05, 4.69) is 5.32 Å². The number of hydrogen-bond donors (Lipinski definition) is 3. The molecule has 0 bridgehead atoms. The fourth-order valence-corrected chi connectivity index (χ4v) is 1.63. The summed E-state index contributed by atoms with van der Waals surface area (Å²) in [4.78, 5) is 11.8. The van der Waals surface area contributed by atoms with E-state index < -0.39 is 0 Å². The monoisotopic (exact) mass is 236 g/mol. The van der Waals surface area contributed by atoms with Crippen LogP contribution in [0.15, 0.2) is 24.3 Å². The largest absolute Gasteiger partial charge is 0.396 e. The highest BCUT2D eigenvalue weighted by molar-refractivity contribution is 5.95. The Morgan fingerprint density at radius 1 is 1.24 bits per heavy atom. The second kappa shape index (κ2) is 7.81. The number of nitrogens with two attached hydrogens (primary N) is 1. The van der Waals surface area contributed by atoms with E-state index in [-0.39, 0.29) is 12.5 Å². The molecule has 0 saturated heterocycles. The molecule has 4 N–H and O–H groups in total. The van der Waals surface area contributed by atoms with Gasteiger partial charge in [-0.25, -0.2) is 0 Å². The van der Waals surface area contributed by atoms with Crippen LogP contribution in [0, 0.1) is 0 Å². The lowest BCUT2D eigenvalue weighted by atomic mass is 10.1. The van der Waals surface area contributed by atoms with Crippen LogP contribution in [-0.2, 0) is 6.54 Å². The van der Waals surface area contributed by atoms with Crippen molar-refractivity contribution >= 4 is 5.91 Å². The maximum absolute atomic E-state index is 11.8.